The number of aliphatic carboxylic acids is 1. The van der Waals surface area contributed by atoms with E-state index in [2.05, 4.69) is 5.32 Å². The van der Waals surface area contributed by atoms with Crippen LogP contribution in [-0.2, 0) is 4.79 Å². The van der Waals surface area contributed by atoms with Crippen molar-refractivity contribution >= 4 is 68.1 Å². The number of rotatable bonds is 3. The first-order valence-electron chi connectivity index (χ1n) is 4.97. The van der Waals surface area contributed by atoms with Crippen molar-refractivity contribution in [3.05, 3.63) is 32.1 Å². The Balaban J connectivity index is 2.45. The molecule has 8 heteroatoms. The molecule has 19 heavy (non-hydrogen) atoms. The van der Waals surface area contributed by atoms with E-state index in [0.29, 0.717) is 20.1 Å². The summed E-state index contributed by atoms with van der Waals surface area (Å²) in [6.45, 7) is -0.474. The van der Waals surface area contributed by atoms with Crippen LogP contribution in [0.25, 0.3) is 10.1 Å². The Hall–Kier alpha value is -1.01. The van der Waals surface area contributed by atoms with Gasteiger partial charge in [0.15, 0.2) is 0 Å². The molecular formula is C11H6Cl3NO3S. The predicted octanol–water partition coefficient (Wildman–Crippen LogP) is 3.68. The molecule has 0 bridgehead atoms. The van der Waals surface area contributed by atoms with E-state index >= 15 is 0 Å². The summed E-state index contributed by atoms with van der Waals surface area (Å²) < 4.78 is 0.669. The van der Waals surface area contributed by atoms with Crippen molar-refractivity contribution in [2.24, 2.45) is 0 Å². The van der Waals surface area contributed by atoms with Gasteiger partial charge in [-0.2, -0.15) is 0 Å². The second-order valence-electron chi connectivity index (χ2n) is 3.58. The zero-order chi connectivity index (χ0) is 14.2. The van der Waals surface area contributed by atoms with E-state index in [0.717, 1.165) is 11.3 Å². The van der Waals surface area contributed by atoms with Crippen LogP contribution in [0, 0.1) is 0 Å². The molecule has 1 aromatic carbocycles. The van der Waals surface area contributed by atoms with E-state index in [4.69, 9.17) is 39.9 Å². The fourth-order valence-electron chi connectivity index (χ4n) is 1.49. The van der Waals surface area contributed by atoms with Crippen LogP contribution in [0.4, 0.5) is 0 Å². The maximum Gasteiger partial charge on any atom is 0.322 e. The minimum atomic E-state index is -1.13. The number of nitrogens with one attached hydrogen (secondary N) is 1. The van der Waals surface area contributed by atoms with Crippen molar-refractivity contribution in [3.63, 3.8) is 0 Å². The molecular weight excluding hydrogens is 333 g/mol. The predicted molar refractivity (Wildman–Crippen MR) is 76.8 cm³/mol. The number of carboxylic acids is 1. The number of thiophene rings is 1. The van der Waals surface area contributed by atoms with Crippen molar-refractivity contribution < 1.29 is 14.7 Å². The minimum absolute atomic E-state index is 0.199. The van der Waals surface area contributed by atoms with Gasteiger partial charge in [-0.25, -0.2) is 0 Å². The van der Waals surface area contributed by atoms with Gasteiger partial charge in [0, 0.05) is 15.1 Å². The zero-order valence-electron chi connectivity index (χ0n) is 9.17. The molecule has 0 aliphatic carbocycles. The van der Waals surface area contributed by atoms with Gasteiger partial charge in [0.25, 0.3) is 5.91 Å². The van der Waals surface area contributed by atoms with Gasteiger partial charge in [0.2, 0.25) is 0 Å². The number of carbonyl (C=O) groups excluding carboxylic acids is 1. The molecule has 2 aromatic rings. The fourth-order valence-corrected chi connectivity index (χ4v) is 3.79. The molecule has 2 rings (SSSR count). The molecule has 1 heterocycles. The van der Waals surface area contributed by atoms with Crippen molar-refractivity contribution in [1.82, 2.24) is 5.32 Å². The van der Waals surface area contributed by atoms with Gasteiger partial charge >= 0.3 is 5.97 Å². The van der Waals surface area contributed by atoms with Gasteiger partial charge in [-0.3, -0.25) is 9.59 Å². The smallest absolute Gasteiger partial charge is 0.322 e. The molecule has 0 saturated heterocycles. The fraction of sp³-hybridized carbons (Fsp3) is 0.0909. The second-order valence-corrected chi connectivity index (χ2v) is 5.86. The first kappa shape index (κ1) is 14.4. The monoisotopic (exact) mass is 337 g/mol. The van der Waals surface area contributed by atoms with E-state index in [1.165, 1.54) is 6.07 Å². The van der Waals surface area contributed by atoms with Crippen molar-refractivity contribution in [3.8, 4) is 0 Å². The second kappa shape index (κ2) is 5.54. The summed E-state index contributed by atoms with van der Waals surface area (Å²) in [5.41, 5.74) is 0. The molecule has 0 radical (unpaired) electrons. The molecule has 0 fully saturated rings. The lowest BCUT2D eigenvalue weighted by atomic mass is 10.2. The van der Waals surface area contributed by atoms with Gasteiger partial charge in [-0.05, 0) is 12.1 Å². The molecule has 0 saturated carbocycles. The quantitative estimate of drug-likeness (QED) is 0.897. The minimum Gasteiger partial charge on any atom is -0.480 e. The summed E-state index contributed by atoms with van der Waals surface area (Å²) in [7, 11) is 0. The van der Waals surface area contributed by atoms with Gasteiger partial charge in [0.1, 0.15) is 11.4 Å². The molecule has 0 aliphatic rings. The highest BCUT2D eigenvalue weighted by atomic mass is 35.5. The number of amides is 1. The number of benzene rings is 1. The average molecular weight is 339 g/mol. The lowest BCUT2D eigenvalue weighted by Crippen LogP contribution is -2.28. The first-order valence-corrected chi connectivity index (χ1v) is 6.92. The summed E-state index contributed by atoms with van der Waals surface area (Å²) in [5.74, 6) is -1.69. The van der Waals surface area contributed by atoms with Gasteiger partial charge in [-0.1, -0.05) is 34.8 Å². The topological polar surface area (TPSA) is 66.4 Å². The molecule has 4 nitrogen and oxygen atoms in total. The number of halogens is 3. The molecule has 0 unspecified atom stereocenters. The highest BCUT2D eigenvalue weighted by Gasteiger charge is 2.19. The number of carbonyl (C=O) groups is 2. The SMILES string of the molecule is O=C(O)CNC(=O)c1sc2cc(Cl)cc(Cl)c2c1Cl. The van der Waals surface area contributed by atoms with Crippen LogP contribution in [0.5, 0.6) is 0 Å². The summed E-state index contributed by atoms with van der Waals surface area (Å²) in [5, 5.41) is 12.3. The Kier molecular flexibility index (Phi) is 4.20. The van der Waals surface area contributed by atoms with Gasteiger partial charge in [-0.15, -0.1) is 11.3 Å². The Morgan fingerprint density at radius 3 is 2.58 bits per heavy atom. The van der Waals surface area contributed by atoms with Crippen LogP contribution in [0.15, 0.2) is 12.1 Å². The lowest BCUT2D eigenvalue weighted by Gasteiger charge is -1.99. The van der Waals surface area contributed by atoms with Crippen LogP contribution in [0.2, 0.25) is 15.1 Å². The van der Waals surface area contributed by atoms with Crippen LogP contribution < -0.4 is 5.32 Å². The Morgan fingerprint density at radius 1 is 1.26 bits per heavy atom. The standard InChI is InChI=1S/C11H6Cl3NO3S/c12-4-1-5(13)8-6(2-4)19-10(9(8)14)11(18)15-3-7(16)17/h1-2H,3H2,(H,15,18)(H,16,17). The Bertz CT molecular complexity index is 683. The van der Waals surface area contributed by atoms with Crippen LogP contribution in [0.1, 0.15) is 9.67 Å². The number of fused-ring (bicyclic) bond motifs is 1. The van der Waals surface area contributed by atoms with E-state index in [1.807, 2.05) is 0 Å². The maximum absolute atomic E-state index is 11.8. The van der Waals surface area contributed by atoms with Crippen LogP contribution >= 0.6 is 46.1 Å². The third-order valence-electron chi connectivity index (χ3n) is 2.26. The number of carboxylic acid groups (broad SMARTS) is 1. The zero-order valence-corrected chi connectivity index (χ0v) is 12.3. The number of hydrogen-bond donors (Lipinski definition) is 2. The van der Waals surface area contributed by atoms with Crippen LogP contribution in [-0.4, -0.2) is 23.5 Å². The average Bonchev–Trinajstić information content (AvgIpc) is 2.63. The summed E-state index contributed by atoms with van der Waals surface area (Å²) in [6.07, 6.45) is 0. The molecule has 0 spiro atoms. The van der Waals surface area contributed by atoms with Gasteiger partial charge in [0.05, 0.1) is 10.0 Å². The summed E-state index contributed by atoms with van der Waals surface area (Å²) in [6, 6.07) is 3.18. The van der Waals surface area contributed by atoms with E-state index < -0.39 is 18.4 Å². The van der Waals surface area contributed by atoms with Crippen molar-refractivity contribution in [2.75, 3.05) is 6.54 Å². The molecule has 2 N–H and O–H groups in total. The third-order valence-corrected chi connectivity index (χ3v) is 4.40. The summed E-state index contributed by atoms with van der Waals surface area (Å²) in [4.78, 5) is 22.4. The maximum atomic E-state index is 11.8. The molecule has 0 atom stereocenters. The largest absolute Gasteiger partial charge is 0.480 e. The first-order chi connectivity index (χ1) is 8.90. The Labute approximate surface area is 126 Å². The van der Waals surface area contributed by atoms with Crippen molar-refractivity contribution in [2.45, 2.75) is 0 Å². The normalized spacial score (nSPS) is 10.7. The van der Waals surface area contributed by atoms with Gasteiger partial charge < -0.3 is 10.4 Å². The van der Waals surface area contributed by atoms with Crippen molar-refractivity contribution in [1.29, 1.82) is 0 Å². The highest BCUT2D eigenvalue weighted by molar-refractivity contribution is 7.21. The highest BCUT2D eigenvalue weighted by Crippen LogP contribution is 2.41. The Morgan fingerprint density at radius 2 is 1.95 bits per heavy atom. The van der Waals surface area contributed by atoms with E-state index in [-0.39, 0.29) is 9.90 Å². The van der Waals surface area contributed by atoms with Crippen LogP contribution in [0.3, 0.4) is 0 Å². The molecule has 1 amide bonds. The molecule has 0 aliphatic heterocycles. The molecule has 100 valence electrons. The third kappa shape index (κ3) is 2.95. The number of hydrogen-bond acceptors (Lipinski definition) is 3. The summed E-state index contributed by atoms with van der Waals surface area (Å²) >= 11 is 19.1. The molecule has 1 aromatic heterocycles. The van der Waals surface area contributed by atoms with E-state index in [9.17, 15) is 9.59 Å². The van der Waals surface area contributed by atoms with E-state index in [1.54, 1.807) is 6.07 Å². The lowest BCUT2D eigenvalue weighted by molar-refractivity contribution is -0.135.